The summed E-state index contributed by atoms with van der Waals surface area (Å²) in [6, 6.07) is 16.7. The van der Waals surface area contributed by atoms with Gasteiger partial charge >= 0.3 is 0 Å². The zero-order chi connectivity index (χ0) is 17.4. The molecule has 0 saturated carbocycles. The second-order valence-corrected chi connectivity index (χ2v) is 8.73. The highest BCUT2D eigenvalue weighted by atomic mass is 32.2. The van der Waals surface area contributed by atoms with Crippen LogP contribution in [-0.4, -0.2) is 31.4 Å². The summed E-state index contributed by atoms with van der Waals surface area (Å²) in [4.78, 5) is 0.322. The number of morpholine rings is 1. The molecule has 4 nitrogen and oxygen atoms in total. The number of benzene rings is 2. The fraction of sp³-hybridized carbons (Fsp3) is 0.368. The summed E-state index contributed by atoms with van der Waals surface area (Å²) in [6.45, 7) is 6.50. The number of hydrogen-bond acceptors (Lipinski definition) is 3. The third-order valence-electron chi connectivity index (χ3n) is 4.42. The van der Waals surface area contributed by atoms with Crippen LogP contribution < -0.4 is 0 Å². The van der Waals surface area contributed by atoms with Crippen LogP contribution in [0.2, 0.25) is 0 Å². The third kappa shape index (κ3) is 3.24. The van der Waals surface area contributed by atoms with Crippen molar-refractivity contribution in [3.05, 3.63) is 65.7 Å². The van der Waals surface area contributed by atoms with Crippen LogP contribution >= 0.6 is 0 Å². The van der Waals surface area contributed by atoms with Gasteiger partial charge in [-0.1, -0.05) is 48.0 Å². The molecule has 0 aromatic heterocycles. The Hall–Kier alpha value is -1.69. The lowest BCUT2D eigenvalue weighted by atomic mass is 10.0. The topological polar surface area (TPSA) is 46.6 Å². The van der Waals surface area contributed by atoms with Crippen LogP contribution in [0, 0.1) is 6.92 Å². The molecule has 1 aliphatic rings. The molecule has 1 atom stereocenters. The lowest BCUT2D eigenvalue weighted by Crippen LogP contribution is -2.56. The highest BCUT2D eigenvalue weighted by Gasteiger charge is 2.43. The third-order valence-corrected chi connectivity index (χ3v) is 6.52. The Morgan fingerprint density at radius 3 is 2.29 bits per heavy atom. The molecule has 1 unspecified atom stereocenters. The molecule has 0 N–H and O–H groups in total. The van der Waals surface area contributed by atoms with Crippen LogP contribution in [0.1, 0.15) is 31.1 Å². The molecule has 24 heavy (non-hydrogen) atoms. The fourth-order valence-electron chi connectivity index (χ4n) is 2.95. The number of sulfonamides is 1. The number of ether oxygens (including phenoxy) is 1. The molecule has 5 heteroatoms. The summed E-state index contributed by atoms with van der Waals surface area (Å²) in [5, 5.41) is 0. The monoisotopic (exact) mass is 345 g/mol. The largest absolute Gasteiger partial charge is 0.370 e. The van der Waals surface area contributed by atoms with Gasteiger partial charge in [-0.2, -0.15) is 4.31 Å². The fourth-order valence-corrected chi connectivity index (χ4v) is 4.74. The van der Waals surface area contributed by atoms with E-state index in [0.29, 0.717) is 18.0 Å². The molecule has 1 saturated heterocycles. The quantitative estimate of drug-likeness (QED) is 0.855. The van der Waals surface area contributed by atoms with E-state index < -0.39 is 15.6 Å². The van der Waals surface area contributed by atoms with Gasteiger partial charge in [0.15, 0.2) is 0 Å². The molecule has 2 aromatic rings. The van der Waals surface area contributed by atoms with Crippen molar-refractivity contribution in [2.45, 2.75) is 37.3 Å². The summed E-state index contributed by atoms with van der Waals surface area (Å²) in [7, 11) is -3.57. The maximum absolute atomic E-state index is 13.1. The van der Waals surface area contributed by atoms with Crippen molar-refractivity contribution in [2.75, 3.05) is 13.2 Å². The zero-order valence-electron chi connectivity index (χ0n) is 14.3. The van der Waals surface area contributed by atoms with Crippen LogP contribution in [0.3, 0.4) is 0 Å². The van der Waals surface area contributed by atoms with Gasteiger partial charge in [0.05, 0.1) is 23.1 Å². The average molecular weight is 345 g/mol. The predicted octanol–water partition coefficient (Wildman–Crippen LogP) is 3.54. The lowest BCUT2D eigenvalue weighted by Gasteiger charge is -2.44. The number of rotatable bonds is 3. The Kier molecular flexibility index (Phi) is 4.51. The van der Waals surface area contributed by atoms with Crippen molar-refractivity contribution in [1.82, 2.24) is 4.31 Å². The van der Waals surface area contributed by atoms with Crippen molar-refractivity contribution in [3.63, 3.8) is 0 Å². The second kappa shape index (κ2) is 6.31. The highest BCUT2D eigenvalue weighted by molar-refractivity contribution is 7.89. The maximum atomic E-state index is 13.1. The molecule has 0 aliphatic carbocycles. The van der Waals surface area contributed by atoms with Gasteiger partial charge in [0.25, 0.3) is 0 Å². The molecule has 0 bridgehead atoms. The van der Waals surface area contributed by atoms with E-state index in [4.69, 9.17) is 4.74 Å². The molecule has 3 rings (SSSR count). The Morgan fingerprint density at radius 2 is 1.67 bits per heavy atom. The molecule has 2 aromatic carbocycles. The first kappa shape index (κ1) is 17.1. The van der Waals surface area contributed by atoms with Crippen molar-refractivity contribution >= 4 is 10.0 Å². The summed E-state index contributed by atoms with van der Waals surface area (Å²) in [5.41, 5.74) is 1.59. The molecule has 0 spiro atoms. The van der Waals surface area contributed by atoms with Crippen LogP contribution in [0.5, 0.6) is 0 Å². The molecule has 0 amide bonds. The molecular weight excluding hydrogens is 322 g/mol. The first-order valence-electron chi connectivity index (χ1n) is 8.07. The van der Waals surface area contributed by atoms with Gasteiger partial charge in [0, 0.05) is 6.54 Å². The zero-order valence-corrected chi connectivity index (χ0v) is 15.1. The first-order chi connectivity index (χ1) is 11.3. The van der Waals surface area contributed by atoms with E-state index >= 15 is 0 Å². The van der Waals surface area contributed by atoms with E-state index in [2.05, 4.69) is 0 Å². The Bertz CT molecular complexity index is 798. The lowest BCUT2D eigenvalue weighted by molar-refractivity contribution is -0.0655. The van der Waals surface area contributed by atoms with Gasteiger partial charge in [-0.15, -0.1) is 0 Å². The number of hydrogen-bond donors (Lipinski definition) is 0. The Labute approximate surface area is 144 Å². The van der Waals surface area contributed by atoms with Crippen LogP contribution in [-0.2, 0) is 14.8 Å². The average Bonchev–Trinajstić information content (AvgIpc) is 2.56. The SMILES string of the molecule is Cc1ccc(C2CN(S(=O)(=O)c3ccccc3)C(C)(C)CO2)cc1. The number of aryl methyl sites for hydroxylation is 1. The molecule has 1 fully saturated rings. The van der Waals surface area contributed by atoms with Crippen molar-refractivity contribution in [3.8, 4) is 0 Å². The summed E-state index contributed by atoms with van der Waals surface area (Å²) >= 11 is 0. The van der Waals surface area contributed by atoms with E-state index in [0.717, 1.165) is 5.56 Å². The van der Waals surface area contributed by atoms with Crippen LogP contribution in [0.25, 0.3) is 0 Å². The Balaban J connectivity index is 1.94. The van der Waals surface area contributed by atoms with Crippen molar-refractivity contribution < 1.29 is 13.2 Å². The van der Waals surface area contributed by atoms with Gasteiger partial charge in [-0.05, 0) is 38.5 Å². The summed E-state index contributed by atoms with van der Waals surface area (Å²) in [6.07, 6.45) is -0.253. The summed E-state index contributed by atoms with van der Waals surface area (Å²) < 4.78 is 33.8. The van der Waals surface area contributed by atoms with Crippen molar-refractivity contribution in [2.24, 2.45) is 0 Å². The van der Waals surface area contributed by atoms with Gasteiger partial charge in [-0.25, -0.2) is 8.42 Å². The van der Waals surface area contributed by atoms with Gasteiger partial charge in [0.1, 0.15) is 0 Å². The second-order valence-electron chi connectivity index (χ2n) is 6.87. The maximum Gasteiger partial charge on any atom is 0.243 e. The Morgan fingerprint density at radius 1 is 1.04 bits per heavy atom. The minimum absolute atomic E-state index is 0.253. The molecule has 0 radical (unpaired) electrons. The van der Waals surface area contributed by atoms with Gasteiger partial charge in [-0.3, -0.25) is 0 Å². The van der Waals surface area contributed by atoms with Crippen molar-refractivity contribution in [1.29, 1.82) is 0 Å². The van der Waals surface area contributed by atoms with E-state index in [1.54, 1.807) is 28.6 Å². The standard InChI is InChI=1S/C19H23NO3S/c1-15-9-11-16(12-10-15)18-13-20(19(2,3)14-23-18)24(21,22)17-7-5-4-6-8-17/h4-12,18H,13-14H2,1-3H3. The van der Waals surface area contributed by atoms with Gasteiger partial charge in [0.2, 0.25) is 10.0 Å². The smallest absolute Gasteiger partial charge is 0.243 e. The van der Waals surface area contributed by atoms with Gasteiger partial charge < -0.3 is 4.74 Å². The summed E-state index contributed by atoms with van der Waals surface area (Å²) in [5.74, 6) is 0. The van der Waals surface area contributed by atoms with E-state index in [-0.39, 0.29) is 6.10 Å². The predicted molar refractivity (Wildman–Crippen MR) is 94.3 cm³/mol. The highest BCUT2D eigenvalue weighted by Crippen LogP contribution is 2.34. The van der Waals surface area contributed by atoms with E-state index in [9.17, 15) is 8.42 Å². The van der Waals surface area contributed by atoms with Crippen LogP contribution in [0.4, 0.5) is 0 Å². The molecular formula is C19H23NO3S. The minimum Gasteiger partial charge on any atom is -0.370 e. The minimum atomic E-state index is -3.57. The molecule has 1 aliphatic heterocycles. The normalized spacial score (nSPS) is 21.5. The first-order valence-corrected chi connectivity index (χ1v) is 9.51. The van der Waals surface area contributed by atoms with Crippen LogP contribution in [0.15, 0.2) is 59.5 Å². The molecule has 1 heterocycles. The molecule has 128 valence electrons. The van der Waals surface area contributed by atoms with E-state index in [1.165, 1.54) is 5.56 Å². The number of nitrogens with zero attached hydrogens (tertiary/aromatic N) is 1. The van der Waals surface area contributed by atoms with E-state index in [1.807, 2.05) is 51.1 Å².